The van der Waals surface area contributed by atoms with Gasteiger partial charge in [0.05, 0.1) is 18.0 Å². The molecule has 3 N–H and O–H groups in total. The Bertz CT molecular complexity index is 500. The van der Waals surface area contributed by atoms with Crippen LogP contribution in [0.25, 0.3) is 0 Å². The predicted molar refractivity (Wildman–Crippen MR) is 76.5 cm³/mol. The van der Waals surface area contributed by atoms with E-state index in [2.05, 4.69) is 5.32 Å². The van der Waals surface area contributed by atoms with Crippen molar-refractivity contribution in [2.45, 2.75) is 13.8 Å². The van der Waals surface area contributed by atoms with Gasteiger partial charge < -0.3 is 15.8 Å². The number of benzene rings is 2. The maximum Gasteiger partial charge on any atom is 0.119 e. The number of para-hydroxylation sites is 1. The van der Waals surface area contributed by atoms with E-state index in [-0.39, 0.29) is 0 Å². The van der Waals surface area contributed by atoms with Crippen LogP contribution in [-0.4, -0.2) is 6.61 Å². The van der Waals surface area contributed by atoms with Crippen molar-refractivity contribution in [2.75, 3.05) is 17.7 Å². The van der Waals surface area contributed by atoms with Crippen molar-refractivity contribution in [1.82, 2.24) is 0 Å². The largest absolute Gasteiger partial charge is 0.494 e. The molecule has 3 heteroatoms. The molecule has 0 spiro atoms. The Morgan fingerprint density at radius 3 is 2.44 bits per heavy atom. The lowest BCUT2D eigenvalue weighted by Crippen LogP contribution is -1.98. The molecule has 0 aromatic heterocycles. The summed E-state index contributed by atoms with van der Waals surface area (Å²) in [5.41, 5.74) is 9.80. The summed E-state index contributed by atoms with van der Waals surface area (Å²) < 4.78 is 5.41. The van der Waals surface area contributed by atoms with Gasteiger partial charge in [-0.3, -0.25) is 0 Å². The van der Waals surface area contributed by atoms with Crippen LogP contribution in [0.5, 0.6) is 5.75 Å². The zero-order chi connectivity index (χ0) is 13.0. The van der Waals surface area contributed by atoms with Gasteiger partial charge in [-0.15, -0.1) is 0 Å². The monoisotopic (exact) mass is 242 g/mol. The molecule has 0 aliphatic heterocycles. The summed E-state index contributed by atoms with van der Waals surface area (Å²) in [4.78, 5) is 0. The lowest BCUT2D eigenvalue weighted by molar-refractivity contribution is 0.340. The molecule has 0 heterocycles. The molecule has 2 aromatic carbocycles. The highest BCUT2D eigenvalue weighted by Crippen LogP contribution is 2.27. The van der Waals surface area contributed by atoms with Crippen molar-refractivity contribution in [3.8, 4) is 5.75 Å². The van der Waals surface area contributed by atoms with Crippen LogP contribution in [0.2, 0.25) is 0 Å². The number of anilines is 3. The Morgan fingerprint density at radius 1 is 1.11 bits per heavy atom. The molecular formula is C15H18N2O. The number of hydrogen-bond donors (Lipinski definition) is 2. The lowest BCUT2D eigenvalue weighted by Gasteiger charge is -2.12. The van der Waals surface area contributed by atoms with Crippen LogP contribution in [0.3, 0.4) is 0 Å². The molecule has 0 amide bonds. The first-order chi connectivity index (χ1) is 8.70. The number of ether oxygens (including phenoxy) is 1. The topological polar surface area (TPSA) is 47.3 Å². The third kappa shape index (κ3) is 2.74. The third-order valence-electron chi connectivity index (χ3n) is 2.74. The van der Waals surface area contributed by atoms with Crippen LogP contribution in [0.15, 0.2) is 42.5 Å². The van der Waals surface area contributed by atoms with E-state index >= 15 is 0 Å². The van der Waals surface area contributed by atoms with Gasteiger partial charge in [0.2, 0.25) is 0 Å². The van der Waals surface area contributed by atoms with Crippen molar-refractivity contribution in [3.63, 3.8) is 0 Å². The summed E-state index contributed by atoms with van der Waals surface area (Å²) in [7, 11) is 0. The summed E-state index contributed by atoms with van der Waals surface area (Å²) in [6.45, 7) is 4.69. The molecule has 0 saturated carbocycles. The molecule has 0 radical (unpaired) electrons. The molecule has 0 aliphatic rings. The normalized spacial score (nSPS) is 10.1. The SMILES string of the molecule is CCOc1ccc(Nc2c(C)cccc2N)cc1. The average Bonchev–Trinajstić information content (AvgIpc) is 2.36. The molecule has 18 heavy (non-hydrogen) atoms. The molecule has 94 valence electrons. The van der Waals surface area contributed by atoms with Gasteiger partial charge in [-0.05, 0) is 49.7 Å². The van der Waals surface area contributed by atoms with Crippen molar-refractivity contribution in [3.05, 3.63) is 48.0 Å². The molecule has 2 rings (SSSR count). The Labute approximate surface area is 108 Å². The number of rotatable bonds is 4. The first kappa shape index (κ1) is 12.3. The number of nitrogen functional groups attached to an aromatic ring is 1. The summed E-state index contributed by atoms with van der Waals surface area (Å²) in [5.74, 6) is 0.876. The molecule has 0 fully saturated rings. The summed E-state index contributed by atoms with van der Waals surface area (Å²) in [6, 6.07) is 13.7. The van der Waals surface area contributed by atoms with Crippen LogP contribution in [0, 0.1) is 6.92 Å². The zero-order valence-electron chi connectivity index (χ0n) is 10.7. The standard InChI is InChI=1S/C15H18N2O/c1-3-18-13-9-7-12(8-10-13)17-15-11(2)5-4-6-14(15)16/h4-10,17H,3,16H2,1-2H3. The second-order valence-corrected chi connectivity index (χ2v) is 4.12. The fourth-order valence-corrected chi connectivity index (χ4v) is 1.81. The fraction of sp³-hybridized carbons (Fsp3) is 0.200. The number of hydrogen-bond acceptors (Lipinski definition) is 3. The quantitative estimate of drug-likeness (QED) is 0.803. The van der Waals surface area contributed by atoms with E-state index in [1.807, 2.05) is 56.3 Å². The van der Waals surface area contributed by atoms with Crippen LogP contribution < -0.4 is 15.8 Å². The van der Waals surface area contributed by atoms with Gasteiger partial charge in [-0.2, -0.15) is 0 Å². The second-order valence-electron chi connectivity index (χ2n) is 4.12. The van der Waals surface area contributed by atoms with Gasteiger partial charge in [0.15, 0.2) is 0 Å². The molecule has 0 saturated heterocycles. The highest BCUT2D eigenvalue weighted by molar-refractivity contribution is 5.75. The Hall–Kier alpha value is -2.16. The van der Waals surface area contributed by atoms with E-state index in [4.69, 9.17) is 10.5 Å². The minimum Gasteiger partial charge on any atom is -0.494 e. The molecular weight excluding hydrogens is 224 g/mol. The first-order valence-electron chi connectivity index (χ1n) is 6.05. The number of aryl methyl sites for hydroxylation is 1. The van der Waals surface area contributed by atoms with Crippen molar-refractivity contribution in [1.29, 1.82) is 0 Å². The Balaban J connectivity index is 2.18. The van der Waals surface area contributed by atoms with Gasteiger partial charge in [-0.1, -0.05) is 12.1 Å². The second kappa shape index (κ2) is 5.45. The van der Waals surface area contributed by atoms with Gasteiger partial charge in [0.1, 0.15) is 5.75 Å². The van der Waals surface area contributed by atoms with E-state index in [0.717, 1.165) is 28.4 Å². The van der Waals surface area contributed by atoms with E-state index in [1.165, 1.54) is 0 Å². The molecule has 2 aromatic rings. The minimum absolute atomic E-state index is 0.678. The third-order valence-corrected chi connectivity index (χ3v) is 2.74. The molecule has 0 unspecified atom stereocenters. The van der Waals surface area contributed by atoms with Crippen molar-refractivity contribution >= 4 is 17.1 Å². The van der Waals surface area contributed by atoms with E-state index in [1.54, 1.807) is 0 Å². The maximum atomic E-state index is 5.96. The van der Waals surface area contributed by atoms with E-state index in [0.29, 0.717) is 6.61 Å². The maximum absolute atomic E-state index is 5.96. The molecule has 3 nitrogen and oxygen atoms in total. The summed E-state index contributed by atoms with van der Waals surface area (Å²) in [6.07, 6.45) is 0. The highest BCUT2D eigenvalue weighted by Gasteiger charge is 2.03. The summed E-state index contributed by atoms with van der Waals surface area (Å²) >= 11 is 0. The van der Waals surface area contributed by atoms with E-state index in [9.17, 15) is 0 Å². The zero-order valence-corrected chi connectivity index (χ0v) is 10.7. The molecule has 0 aliphatic carbocycles. The lowest BCUT2D eigenvalue weighted by atomic mass is 10.1. The van der Waals surface area contributed by atoms with Crippen molar-refractivity contribution < 1.29 is 4.74 Å². The van der Waals surface area contributed by atoms with Crippen LogP contribution >= 0.6 is 0 Å². The first-order valence-corrected chi connectivity index (χ1v) is 6.05. The molecule has 0 atom stereocenters. The minimum atomic E-state index is 0.678. The predicted octanol–water partition coefficient (Wildman–Crippen LogP) is 3.72. The Morgan fingerprint density at radius 2 is 1.83 bits per heavy atom. The van der Waals surface area contributed by atoms with Gasteiger partial charge in [0, 0.05) is 5.69 Å². The van der Waals surface area contributed by atoms with E-state index < -0.39 is 0 Å². The van der Waals surface area contributed by atoms with Gasteiger partial charge in [-0.25, -0.2) is 0 Å². The molecule has 0 bridgehead atoms. The van der Waals surface area contributed by atoms with Crippen LogP contribution in [-0.2, 0) is 0 Å². The number of nitrogens with two attached hydrogens (primary N) is 1. The average molecular weight is 242 g/mol. The van der Waals surface area contributed by atoms with Crippen LogP contribution in [0.1, 0.15) is 12.5 Å². The van der Waals surface area contributed by atoms with Gasteiger partial charge in [0.25, 0.3) is 0 Å². The number of nitrogens with one attached hydrogen (secondary N) is 1. The van der Waals surface area contributed by atoms with Gasteiger partial charge >= 0.3 is 0 Å². The summed E-state index contributed by atoms with van der Waals surface area (Å²) in [5, 5.41) is 3.33. The fourth-order valence-electron chi connectivity index (χ4n) is 1.81. The van der Waals surface area contributed by atoms with Crippen LogP contribution in [0.4, 0.5) is 17.1 Å². The van der Waals surface area contributed by atoms with Crippen molar-refractivity contribution in [2.24, 2.45) is 0 Å². The Kier molecular flexibility index (Phi) is 3.72. The smallest absolute Gasteiger partial charge is 0.119 e. The highest BCUT2D eigenvalue weighted by atomic mass is 16.5.